The molecule has 5 nitrogen and oxygen atoms in total. The average molecular weight is 480 g/mol. The molecule has 1 saturated heterocycles. The van der Waals surface area contributed by atoms with Gasteiger partial charge in [0, 0.05) is 30.3 Å². The first kappa shape index (κ1) is 24.8. The van der Waals surface area contributed by atoms with Crippen molar-refractivity contribution < 1.29 is 18.7 Å². The maximum absolute atomic E-state index is 13.4. The molecule has 0 aromatic heterocycles. The van der Waals surface area contributed by atoms with Gasteiger partial charge in [-0.15, -0.1) is 0 Å². The second-order valence-corrected chi connectivity index (χ2v) is 9.16. The van der Waals surface area contributed by atoms with E-state index in [0.717, 1.165) is 37.1 Å². The number of β-amino-alcohol motifs (C(OH)–C–C–N with tert-alkyl or cyclic N) is 1. The Morgan fingerprint density at radius 3 is 2.09 bits per heavy atom. The normalized spacial score (nSPS) is 18.5. The lowest BCUT2D eigenvalue weighted by Gasteiger charge is -2.36. The number of aliphatic hydroxyl groups excluding tert-OH is 1. The van der Waals surface area contributed by atoms with Gasteiger partial charge in [-0.25, -0.2) is 8.78 Å². The lowest BCUT2D eigenvalue weighted by molar-refractivity contribution is 0.0373. The van der Waals surface area contributed by atoms with E-state index in [-0.39, 0.29) is 29.5 Å². The molecule has 3 aromatic rings. The summed E-state index contributed by atoms with van der Waals surface area (Å²) >= 11 is 0. The van der Waals surface area contributed by atoms with Crippen LogP contribution >= 0.6 is 0 Å². The zero-order valence-electron chi connectivity index (χ0n) is 19.5. The van der Waals surface area contributed by atoms with E-state index < -0.39 is 6.10 Å². The van der Waals surface area contributed by atoms with E-state index in [0.29, 0.717) is 24.2 Å². The predicted octanol–water partition coefficient (Wildman–Crippen LogP) is 4.32. The zero-order valence-corrected chi connectivity index (χ0v) is 19.5. The molecule has 7 heteroatoms. The van der Waals surface area contributed by atoms with Gasteiger partial charge in [0.25, 0.3) is 5.91 Å². The number of nitrogens with one attached hydrogen (secondary N) is 1. The molecule has 0 saturated carbocycles. The molecule has 0 unspecified atom stereocenters. The van der Waals surface area contributed by atoms with Crippen molar-refractivity contribution in [3.63, 3.8) is 0 Å². The van der Waals surface area contributed by atoms with Gasteiger partial charge in [-0.1, -0.05) is 24.3 Å². The second-order valence-electron chi connectivity index (χ2n) is 9.16. The number of nitrogens with two attached hydrogens (primary N) is 1. The number of nitrogens with zero attached hydrogens (tertiary/aromatic N) is 1. The van der Waals surface area contributed by atoms with Gasteiger partial charge < -0.3 is 21.1 Å². The number of piperidine rings is 1. The summed E-state index contributed by atoms with van der Waals surface area (Å²) in [6.07, 6.45) is 1.66. The molecule has 1 aliphatic heterocycles. The minimum Gasteiger partial charge on any atom is -0.399 e. The fraction of sp³-hybridized carbons (Fsp3) is 0.321. The van der Waals surface area contributed by atoms with Gasteiger partial charge in [0.1, 0.15) is 11.6 Å². The Hall–Kier alpha value is -3.29. The highest BCUT2D eigenvalue weighted by Crippen LogP contribution is 2.30. The number of amides is 1. The Bertz CT molecular complexity index is 1060. The summed E-state index contributed by atoms with van der Waals surface area (Å²) in [5.74, 6) is -0.763. The van der Waals surface area contributed by atoms with Crippen molar-refractivity contribution in [3.05, 3.63) is 101 Å². The summed E-state index contributed by atoms with van der Waals surface area (Å²) in [4.78, 5) is 14.7. The van der Waals surface area contributed by atoms with Crippen LogP contribution in [0.2, 0.25) is 0 Å². The van der Waals surface area contributed by atoms with Crippen molar-refractivity contribution in [1.82, 2.24) is 10.2 Å². The quantitative estimate of drug-likeness (QED) is 0.421. The maximum Gasteiger partial charge on any atom is 0.251 e. The minimum atomic E-state index is -0.661. The summed E-state index contributed by atoms with van der Waals surface area (Å²) < 4.78 is 26.9. The van der Waals surface area contributed by atoms with Gasteiger partial charge in [0.2, 0.25) is 0 Å². The van der Waals surface area contributed by atoms with Gasteiger partial charge in [0.05, 0.1) is 12.1 Å². The van der Waals surface area contributed by atoms with Crippen LogP contribution in [0.3, 0.4) is 0 Å². The molecule has 1 heterocycles. The Morgan fingerprint density at radius 1 is 0.971 bits per heavy atom. The van der Waals surface area contributed by atoms with Crippen LogP contribution in [0.4, 0.5) is 14.5 Å². The minimum absolute atomic E-state index is 0.0258. The Balaban J connectivity index is 1.31. The van der Waals surface area contributed by atoms with Crippen molar-refractivity contribution in [2.75, 3.05) is 25.4 Å². The summed E-state index contributed by atoms with van der Waals surface area (Å²) in [7, 11) is 0. The number of rotatable bonds is 8. The molecule has 1 aliphatic rings. The summed E-state index contributed by atoms with van der Waals surface area (Å²) in [6.45, 7) is 2.03. The van der Waals surface area contributed by atoms with Crippen LogP contribution in [0.5, 0.6) is 0 Å². The molecule has 1 fully saturated rings. The third kappa shape index (κ3) is 6.65. The first-order chi connectivity index (χ1) is 16.9. The van der Waals surface area contributed by atoms with E-state index in [9.17, 15) is 18.7 Å². The van der Waals surface area contributed by atoms with E-state index in [1.807, 2.05) is 0 Å². The molecule has 1 amide bonds. The maximum atomic E-state index is 13.4. The fourth-order valence-electron chi connectivity index (χ4n) is 4.69. The van der Waals surface area contributed by atoms with E-state index in [4.69, 9.17) is 5.73 Å². The summed E-state index contributed by atoms with van der Waals surface area (Å²) in [5, 5.41) is 13.6. The number of hydrogen-bond acceptors (Lipinski definition) is 4. The van der Waals surface area contributed by atoms with Crippen molar-refractivity contribution in [2.24, 2.45) is 0 Å². The standard InChI is InChI=1S/C28H31F2N3O2/c29-22-9-3-19(4-10-22)25(20-5-11-23(30)12-6-20)2-1-16-33-17-15-26(27(34)18-33)32-28(35)21-7-13-24(31)14-8-21/h3-14,25-27,34H,1-2,15-18,31H2,(H,32,35)/t26-,27-/m0/s1. The summed E-state index contributed by atoms with van der Waals surface area (Å²) in [5.41, 5.74) is 8.76. The Morgan fingerprint density at radius 2 is 1.54 bits per heavy atom. The molecular formula is C28H31F2N3O2. The van der Waals surface area contributed by atoms with Gasteiger partial charge >= 0.3 is 0 Å². The first-order valence-electron chi connectivity index (χ1n) is 12.0. The SMILES string of the molecule is Nc1ccc(C(=O)N[C@H]2CCN(CCCC(c3ccc(F)cc3)c3ccc(F)cc3)C[C@@H]2O)cc1. The van der Waals surface area contributed by atoms with Gasteiger partial charge in [-0.05, 0) is 85.5 Å². The van der Waals surface area contributed by atoms with Crippen LogP contribution in [0.15, 0.2) is 72.8 Å². The van der Waals surface area contributed by atoms with Crippen LogP contribution in [-0.4, -0.2) is 47.7 Å². The van der Waals surface area contributed by atoms with Crippen LogP contribution < -0.4 is 11.1 Å². The fourth-order valence-corrected chi connectivity index (χ4v) is 4.69. The number of likely N-dealkylation sites (tertiary alicyclic amines) is 1. The van der Waals surface area contributed by atoms with Crippen LogP contribution in [0, 0.1) is 11.6 Å². The van der Waals surface area contributed by atoms with E-state index >= 15 is 0 Å². The van der Waals surface area contributed by atoms with E-state index in [1.165, 1.54) is 24.3 Å². The summed E-state index contributed by atoms with van der Waals surface area (Å²) in [6, 6.07) is 19.3. The number of anilines is 1. The highest BCUT2D eigenvalue weighted by Gasteiger charge is 2.29. The molecule has 184 valence electrons. The molecular weight excluding hydrogens is 448 g/mol. The molecule has 35 heavy (non-hydrogen) atoms. The van der Waals surface area contributed by atoms with Gasteiger partial charge in [-0.2, -0.15) is 0 Å². The number of carbonyl (C=O) groups is 1. The Labute approximate surface area is 204 Å². The lowest BCUT2D eigenvalue weighted by Crippen LogP contribution is -2.54. The highest BCUT2D eigenvalue weighted by atomic mass is 19.1. The third-order valence-electron chi connectivity index (χ3n) is 6.67. The second kappa shape index (κ2) is 11.4. The van der Waals surface area contributed by atoms with Gasteiger partial charge in [0.15, 0.2) is 0 Å². The third-order valence-corrected chi connectivity index (χ3v) is 6.67. The predicted molar refractivity (Wildman–Crippen MR) is 133 cm³/mol. The molecule has 3 aromatic carbocycles. The molecule has 0 radical (unpaired) electrons. The molecule has 0 aliphatic carbocycles. The van der Waals surface area contributed by atoms with Crippen molar-refractivity contribution in [2.45, 2.75) is 37.3 Å². The molecule has 2 atom stereocenters. The lowest BCUT2D eigenvalue weighted by atomic mass is 9.87. The number of aliphatic hydroxyl groups is 1. The average Bonchev–Trinajstić information content (AvgIpc) is 2.85. The van der Waals surface area contributed by atoms with Crippen LogP contribution in [0.1, 0.15) is 46.7 Å². The number of halogens is 2. The number of hydrogen-bond donors (Lipinski definition) is 3. The molecule has 0 spiro atoms. The highest BCUT2D eigenvalue weighted by molar-refractivity contribution is 5.94. The van der Waals surface area contributed by atoms with Crippen molar-refractivity contribution in [1.29, 1.82) is 0 Å². The number of benzene rings is 3. The largest absolute Gasteiger partial charge is 0.399 e. The monoisotopic (exact) mass is 479 g/mol. The van der Waals surface area contributed by atoms with Crippen molar-refractivity contribution >= 4 is 11.6 Å². The Kier molecular flexibility index (Phi) is 8.10. The van der Waals surface area contributed by atoms with Crippen LogP contribution in [-0.2, 0) is 0 Å². The topological polar surface area (TPSA) is 78.6 Å². The zero-order chi connectivity index (χ0) is 24.8. The first-order valence-corrected chi connectivity index (χ1v) is 12.0. The number of carbonyl (C=O) groups excluding carboxylic acids is 1. The van der Waals surface area contributed by atoms with Crippen LogP contribution in [0.25, 0.3) is 0 Å². The van der Waals surface area contributed by atoms with E-state index in [2.05, 4.69) is 10.2 Å². The van der Waals surface area contributed by atoms with Gasteiger partial charge in [-0.3, -0.25) is 4.79 Å². The molecule has 0 bridgehead atoms. The smallest absolute Gasteiger partial charge is 0.251 e. The molecule has 4 rings (SSSR count). The van der Waals surface area contributed by atoms with E-state index in [1.54, 1.807) is 48.5 Å². The number of nitrogen functional groups attached to an aromatic ring is 1. The molecule has 4 N–H and O–H groups in total. The van der Waals surface area contributed by atoms with Crippen molar-refractivity contribution in [3.8, 4) is 0 Å².